The number of benzene rings is 1. The number of aromatic amines is 1. The summed E-state index contributed by atoms with van der Waals surface area (Å²) in [7, 11) is 0. The second-order valence-electron chi connectivity index (χ2n) is 4.55. The second kappa shape index (κ2) is 4.71. The van der Waals surface area contributed by atoms with Crippen LogP contribution in [0, 0.1) is 6.92 Å². The Morgan fingerprint density at radius 3 is 2.81 bits per heavy atom. The van der Waals surface area contributed by atoms with Gasteiger partial charge < -0.3 is 5.11 Å². The average molecular weight is 302 g/mol. The van der Waals surface area contributed by atoms with E-state index >= 15 is 0 Å². The number of aromatic nitrogens is 2. The molecule has 0 fully saturated rings. The van der Waals surface area contributed by atoms with Gasteiger partial charge in [0.15, 0.2) is 0 Å². The Morgan fingerprint density at radius 1 is 1.33 bits per heavy atom. The smallest absolute Gasteiger partial charge is 0.335 e. The van der Waals surface area contributed by atoms with Crippen molar-refractivity contribution in [1.82, 2.24) is 9.55 Å². The Balaban J connectivity index is 2.37. The lowest BCUT2D eigenvalue weighted by atomic mass is 10.2. The fourth-order valence-corrected chi connectivity index (χ4v) is 3.10. The summed E-state index contributed by atoms with van der Waals surface area (Å²) in [5, 5.41) is 11.2. The molecule has 2 aromatic heterocycles. The molecule has 0 aliphatic rings. The van der Waals surface area contributed by atoms with E-state index in [0.717, 1.165) is 10.1 Å². The Hall–Kier alpha value is -2.67. The number of nitrogens with one attached hydrogen (secondary N) is 1. The molecule has 0 radical (unpaired) electrons. The van der Waals surface area contributed by atoms with E-state index in [-0.39, 0.29) is 11.3 Å². The molecule has 3 aromatic rings. The molecule has 7 heteroatoms. The van der Waals surface area contributed by atoms with Crippen molar-refractivity contribution < 1.29 is 9.90 Å². The third-order valence-electron chi connectivity index (χ3n) is 3.17. The largest absolute Gasteiger partial charge is 0.478 e. The van der Waals surface area contributed by atoms with Gasteiger partial charge in [-0.2, -0.15) is 0 Å². The number of carboxylic acids is 1. The highest BCUT2D eigenvalue weighted by atomic mass is 32.1. The lowest BCUT2D eigenvalue weighted by Crippen LogP contribution is -2.33. The van der Waals surface area contributed by atoms with Gasteiger partial charge in [-0.1, -0.05) is 6.07 Å². The number of thiophene rings is 1. The quantitative estimate of drug-likeness (QED) is 0.754. The lowest BCUT2D eigenvalue weighted by Gasteiger charge is -2.06. The van der Waals surface area contributed by atoms with Crippen LogP contribution < -0.4 is 11.2 Å². The fourth-order valence-electron chi connectivity index (χ4n) is 2.17. The number of carboxylic acid groups (broad SMARTS) is 1. The summed E-state index contributed by atoms with van der Waals surface area (Å²) >= 11 is 1.29. The molecule has 0 saturated carbocycles. The minimum Gasteiger partial charge on any atom is -0.478 e. The maximum absolute atomic E-state index is 12.5. The normalized spacial score (nSPS) is 10.9. The van der Waals surface area contributed by atoms with Crippen molar-refractivity contribution in [2.45, 2.75) is 6.92 Å². The van der Waals surface area contributed by atoms with E-state index in [1.165, 1.54) is 35.6 Å². The van der Waals surface area contributed by atoms with Gasteiger partial charge in [0, 0.05) is 0 Å². The number of aromatic carboxylic acids is 1. The van der Waals surface area contributed by atoms with Crippen LogP contribution in [0.2, 0.25) is 0 Å². The number of H-pyrrole nitrogens is 1. The zero-order valence-electron chi connectivity index (χ0n) is 10.9. The first-order valence-electron chi connectivity index (χ1n) is 6.06. The van der Waals surface area contributed by atoms with Gasteiger partial charge >= 0.3 is 11.7 Å². The van der Waals surface area contributed by atoms with Crippen LogP contribution in [0.3, 0.4) is 0 Å². The highest BCUT2D eigenvalue weighted by Gasteiger charge is 2.14. The van der Waals surface area contributed by atoms with Gasteiger partial charge in [0.05, 0.1) is 16.6 Å². The molecule has 2 N–H and O–H groups in total. The minimum atomic E-state index is -1.12. The first kappa shape index (κ1) is 13.3. The molecular formula is C14H10N2O4S. The molecule has 0 amide bonds. The van der Waals surface area contributed by atoms with Crippen molar-refractivity contribution in [2.24, 2.45) is 0 Å². The summed E-state index contributed by atoms with van der Waals surface area (Å²) in [6.45, 7) is 1.79. The van der Waals surface area contributed by atoms with E-state index in [1.807, 2.05) is 0 Å². The van der Waals surface area contributed by atoms with Gasteiger partial charge in [0.25, 0.3) is 5.56 Å². The second-order valence-corrected chi connectivity index (χ2v) is 5.43. The van der Waals surface area contributed by atoms with E-state index in [9.17, 15) is 14.4 Å². The number of aryl methyl sites for hydroxylation is 1. The van der Waals surface area contributed by atoms with Gasteiger partial charge in [-0.3, -0.25) is 9.78 Å². The van der Waals surface area contributed by atoms with Crippen LogP contribution in [0.5, 0.6) is 0 Å². The predicted octanol–water partition coefficient (Wildman–Crippen LogP) is 1.75. The van der Waals surface area contributed by atoms with Gasteiger partial charge in [-0.05, 0) is 36.1 Å². The van der Waals surface area contributed by atoms with Crippen LogP contribution in [0.15, 0.2) is 39.2 Å². The van der Waals surface area contributed by atoms with Crippen LogP contribution in [0.4, 0.5) is 0 Å². The molecule has 6 nitrogen and oxygen atoms in total. The van der Waals surface area contributed by atoms with Crippen LogP contribution in [-0.4, -0.2) is 20.6 Å². The standard InChI is InChI=1S/C14H10N2O4S/c1-7-6-21-11-10(7)12(17)16(14(20)15-11)9-4-2-3-8(5-9)13(18)19/h2-6H,1H3,(H,15,20)(H,18,19). The van der Waals surface area contributed by atoms with E-state index in [0.29, 0.717) is 10.2 Å². The zero-order chi connectivity index (χ0) is 15.1. The summed E-state index contributed by atoms with van der Waals surface area (Å²) in [6, 6.07) is 5.72. The Bertz CT molecular complexity index is 981. The molecule has 0 aliphatic heterocycles. The molecule has 0 bridgehead atoms. The molecule has 3 rings (SSSR count). The maximum atomic E-state index is 12.5. The lowest BCUT2D eigenvalue weighted by molar-refractivity contribution is 0.0697. The summed E-state index contributed by atoms with van der Waals surface area (Å²) in [4.78, 5) is 38.8. The molecule has 2 heterocycles. The predicted molar refractivity (Wildman–Crippen MR) is 79.7 cm³/mol. The van der Waals surface area contributed by atoms with Crippen LogP contribution in [0.25, 0.3) is 15.9 Å². The Labute approximate surface area is 121 Å². The van der Waals surface area contributed by atoms with Crippen LogP contribution >= 0.6 is 11.3 Å². The van der Waals surface area contributed by atoms with Crippen molar-refractivity contribution in [2.75, 3.05) is 0 Å². The van der Waals surface area contributed by atoms with Gasteiger partial charge in [0.1, 0.15) is 4.83 Å². The fraction of sp³-hybridized carbons (Fsp3) is 0.0714. The van der Waals surface area contributed by atoms with Crippen LogP contribution in [-0.2, 0) is 0 Å². The van der Waals surface area contributed by atoms with Gasteiger partial charge in [-0.15, -0.1) is 11.3 Å². The number of hydrogen-bond donors (Lipinski definition) is 2. The summed E-state index contributed by atoms with van der Waals surface area (Å²) in [5.74, 6) is -1.12. The van der Waals surface area contributed by atoms with Gasteiger partial charge in [-0.25, -0.2) is 14.2 Å². The van der Waals surface area contributed by atoms with E-state index in [4.69, 9.17) is 5.11 Å². The van der Waals surface area contributed by atoms with Crippen molar-refractivity contribution in [1.29, 1.82) is 0 Å². The first-order valence-corrected chi connectivity index (χ1v) is 6.94. The molecule has 106 valence electrons. The van der Waals surface area contributed by atoms with E-state index in [1.54, 1.807) is 12.3 Å². The minimum absolute atomic E-state index is 0.0148. The van der Waals surface area contributed by atoms with Crippen molar-refractivity contribution in [3.05, 3.63) is 61.6 Å². The number of hydrogen-bond acceptors (Lipinski definition) is 4. The van der Waals surface area contributed by atoms with Crippen molar-refractivity contribution >= 4 is 27.5 Å². The molecular weight excluding hydrogens is 292 g/mol. The van der Waals surface area contributed by atoms with E-state index < -0.39 is 17.2 Å². The third kappa shape index (κ3) is 2.07. The van der Waals surface area contributed by atoms with Crippen molar-refractivity contribution in [3.63, 3.8) is 0 Å². The molecule has 0 aliphatic carbocycles. The Kier molecular flexibility index (Phi) is 2.99. The summed E-state index contributed by atoms with van der Waals surface area (Å²) in [6.07, 6.45) is 0. The SMILES string of the molecule is Cc1csc2[nH]c(=O)n(-c3cccc(C(=O)O)c3)c(=O)c12. The average Bonchev–Trinajstić information content (AvgIpc) is 2.80. The highest BCUT2D eigenvalue weighted by Crippen LogP contribution is 2.19. The number of fused-ring (bicyclic) bond motifs is 1. The topological polar surface area (TPSA) is 92.2 Å². The van der Waals surface area contributed by atoms with Gasteiger partial charge in [0.2, 0.25) is 0 Å². The zero-order valence-corrected chi connectivity index (χ0v) is 11.7. The third-order valence-corrected chi connectivity index (χ3v) is 4.18. The van der Waals surface area contributed by atoms with Crippen LogP contribution in [0.1, 0.15) is 15.9 Å². The molecule has 0 atom stereocenters. The van der Waals surface area contributed by atoms with E-state index in [2.05, 4.69) is 4.98 Å². The molecule has 0 saturated heterocycles. The summed E-state index contributed by atoms with van der Waals surface area (Å²) in [5.41, 5.74) is -0.0131. The first-order chi connectivity index (χ1) is 9.99. The molecule has 21 heavy (non-hydrogen) atoms. The maximum Gasteiger partial charge on any atom is 0.335 e. The number of rotatable bonds is 2. The molecule has 0 unspecified atom stereocenters. The molecule has 0 spiro atoms. The molecule has 1 aromatic carbocycles. The number of nitrogens with zero attached hydrogens (tertiary/aromatic N) is 1. The summed E-state index contributed by atoms with van der Waals surface area (Å²) < 4.78 is 0.953. The highest BCUT2D eigenvalue weighted by molar-refractivity contribution is 7.16. The van der Waals surface area contributed by atoms with Crippen molar-refractivity contribution in [3.8, 4) is 5.69 Å². The monoisotopic (exact) mass is 302 g/mol. The number of carbonyl (C=O) groups is 1. The Morgan fingerprint density at radius 2 is 2.10 bits per heavy atom.